The van der Waals surface area contributed by atoms with Crippen molar-refractivity contribution in [2.75, 3.05) is 0 Å². The van der Waals surface area contributed by atoms with E-state index in [4.69, 9.17) is 9.47 Å². The van der Waals surface area contributed by atoms with E-state index in [2.05, 4.69) is 32.4 Å². The molecule has 0 saturated heterocycles. The number of hydrogen-bond donors (Lipinski definition) is 0. The van der Waals surface area contributed by atoms with Gasteiger partial charge in [-0.1, -0.05) is 18.2 Å². The monoisotopic (exact) mass is 329 g/mol. The third kappa shape index (κ3) is 4.70. The molecule has 129 valence electrons. The number of carbonyl (C=O) groups excluding carboxylic acids is 2. The molecule has 2 atom stereocenters. The molecule has 4 heteroatoms. The molecule has 1 radical (unpaired) electrons. The quantitative estimate of drug-likeness (QED) is 0.616. The molecule has 0 N–H and O–H groups in total. The summed E-state index contributed by atoms with van der Waals surface area (Å²) in [6, 6.07) is 4.20. The van der Waals surface area contributed by atoms with Crippen LogP contribution in [0.25, 0.3) is 0 Å². The van der Waals surface area contributed by atoms with Crippen molar-refractivity contribution in [2.45, 2.75) is 59.2 Å². The third-order valence-corrected chi connectivity index (χ3v) is 4.27. The lowest BCUT2D eigenvalue weighted by Gasteiger charge is -2.27. The fourth-order valence-electron chi connectivity index (χ4n) is 3.10. The molecule has 1 aliphatic rings. The first-order valence-electron chi connectivity index (χ1n) is 8.29. The SMILES string of the molecule is CC(=O)OC1/C=C\C[CH]Cc2c(C)ccc(C)c2CC1OC(C)=O. The zero-order valence-electron chi connectivity index (χ0n) is 14.8. The van der Waals surface area contributed by atoms with Crippen LogP contribution in [0.5, 0.6) is 0 Å². The fourth-order valence-corrected chi connectivity index (χ4v) is 3.10. The number of ether oxygens (including phenoxy) is 2. The second-order valence-corrected chi connectivity index (χ2v) is 6.24. The number of fused-ring (bicyclic) bond motifs is 1. The Kier molecular flexibility index (Phi) is 6.18. The van der Waals surface area contributed by atoms with Gasteiger partial charge in [-0.05, 0) is 61.4 Å². The van der Waals surface area contributed by atoms with Crippen LogP contribution in [-0.4, -0.2) is 24.1 Å². The van der Waals surface area contributed by atoms with Gasteiger partial charge in [0, 0.05) is 20.3 Å². The molecule has 0 amide bonds. The second kappa shape index (κ2) is 8.13. The molecule has 0 bridgehead atoms. The van der Waals surface area contributed by atoms with Crippen molar-refractivity contribution >= 4 is 11.9 Å². The molecule has 24 heavy (non-hydrogen) atoms. The van der Waals surface area contributed by atoms with E-state index >= 15 is 0 Å². The Balaban J connectivity index is 2.45. The van der Waals surface area contributed by atoms with E-state index in [1.807, 2.05) is 12.2 Å². The Morgan fingerprint density at radius 1 is 1.00 bits per heavy atom. The molecular weight excluding hydrogens is 304 g/mol. The molecule has 1 aromatic rings. The summed E-state index contributed by atoms with van der Waals surface area (Å²) in [6.07, 6.45) is 7.06. The smallest absolute Gasteiger partial charge is 0.303 e. The molecular formula is C20H25O4. The van der Waals surface area contributed by atoms with Crippen LogP contribution >= 0.6 is 0 Å². The first-order chi connectivity index (χ1) is 11.4. The summed E-state index contributed by atoms with van der Waals surface area (Å²) in [5.74, 6) is -0.759. The van der Waals surface area contributed by atoms with Gasteiger partial charge in [0.2, 0.25) is 0 Å². The highest BCUT2D eigenvalue weighted by Crippen LogP contribution is 2.26. The standard InChI is InChI=1S/C20H25O4/c1-13-10-11-14(2)18-12-20(24-16(4)22)19(23-15(3)21)9-7-5-6-8-17(13)18/h6-7,9-11,19-20H,5,8,12H2,1-4H3/b9-7-. The van der Waals surface area contributed by atoms with Gasteiger partial charge in [-0.25, -0.2) is 0 Å². The van der Waals surface area contributed by atoms with E-state index in [1.165, 1.54) is 30.5 Å². The van der Waals surface area contributed by atoms with Gasteiger partial charge in [-0.15, -0.1) is 0 Å². The number of aryl methyl sites for hydroxylation is 2. The van der Waals surface area contributed by atoms with E-state index in [1.54, 1.807) is 0 Å². The summed E-state index contributed by atoms with van der Waals surface area (Å²) in [6.45, 7) is 6.90. The molecule has 2 rings (SSSR count). The van der Waals surface area contributed by atoms with Crippen molar-refractivity contribution < 1.29 is 19.1 Å². The highest BCUT2D eigenvalue weighted by molar-refractivity contribution is 5.67. The summed E-state index contributed by atoms with van der Waals surface area (Å²) >= 11 is 0. The van der Waals surface area contributed by atoms with E-state index in [-0.39, 0.29) is 11.9 Å². The van der Waals surface area contributed by atoms with Crippen LogP contribution in [0.4, 0.5) is 0 Å². The molecule has 0 spiro atoms. The molecule has 0 aromatic heterocycles. The largest absolute Gasteiger partial charge is 0.458 e. The minimum Gasteiger partial charge on any atom is -0.458 e. The van der Waals surface area contributed by atoms with Crippen molar-refractivity contribution in [1.29, 1.82) is 0 Å². The van der Waals surface area contributed by atoms with Crippen molar-refractivity contribution in [3.63, 3.8) is 0 Å². The number of hydrogen-bond acceptors (Lipinski definition) is 4. The zero-order chi connectivity index (χ0) is 17.7. The second-order valence-electron chi connectivity index (χ2n) is 6.24. The number of benzene rings is 1. The highest BCUT2D eigenvalue weighted by Gasteiger charge is 2.27. The number of esters is 2. The van der Waals surface area contributed by atoms with Crippen LogP contribution in [0, 0.1) is 20.3 Å². The molecule has 1 aliphatic carbocycles. The van der Waals surface area contributed by atoms with Crippen LogP contribution in [-0.2, 0) is 31.9 Å². The lowest BCUT2D eigenvalue weighted by atomic mass is 9.88. The minimum absolute atomic E-state index is 0.374. The molecule has 2 unspecified atom stereocenters. The number of allylic oxidation sites excluding steroid dienone is 1. The Bertz CT molecular complexity index is 645. The Morgan fingerprint density at radius 3 is 2.25 bits per heavy atom. The van der Waals surface area contributed by atoms with Crippen molar-refractivity contribution in [3.8, 4) is 0 Å². The van der Waals surface area contributed by atoms with Crippen molar-refractivity contribution in [2.24, 2.45) is 0 Å². The molecule has 0 heterocycles. The maximum atomic E-state index is 11.6. The maximum Gasteiger partial charge on any atom is 0.303 e. The Hall–Kier alpha value is -2.10. The fraction of sp³-hybridized carbons (Fsp3) is 0.450. The third-order valence-electron chi connectivity index (χ3n) is 4.27. The van der Waals surface area contributed by atoms with Gasteiger partial charge in [0.25, 0.3) is 0 Å². The summed E-state index contributed by atoms with van der Waals surface area (Å²) in [7, 11) is 0. The predicted octanol–water partition coefficient (Wildman–Crippen LogP) is 3.42. The average molecular weight is 329 g/mol. The van der Waals surface area contributed by atoms with Gasteiger partial charge in [0.05, 0.1) is 0 Å². The lowest BCUT2D eigenvalue weighted by molar-refractivity contribution is -0.161. The van der Waals surface area contributed by atoms with Gasteiger partial charge in [-0.3, -0.25) is 9.59 Å². The van der Waals surface area contributed by atoms with E-state index in [0.717, 1.165) is 18.4 Å². The molecule has 1 aromatic carbocycles. The van der Waals surface area contributed by atoms with Crippen LogP contribution in [0.2, 0.25) is 0 Å². The molecule has 0 fully saturated rings. The Morgan fingerprint density at radius 2 is 1.62 bits per heavy atom. The van der Waals surface area contributed by atoms with Gasteiger partial charge in [-0.2, -0.15) is 0 Å². The van der Waals surface area contributed by atoms with Crippen LogP contribution < -0.4 is 0 Å². The van der Waals surface area contributed by atoms with E-state index in [9.17, 15) is 9.59 Å². The average Bonchev–Trinajstić information content (AvgIpc) is 2.50. The number of rotatable bonds is 2. The summed E-state index contributed by atoms with van der Waals surface area (Å²) in [5.41, 5.74) is 4.82. The number of carbonyl (C=O) groups is 2. The van der Waals surface area contributed by atoms with Crippen molar-refractivity contribution in [3.05, 3.63) is 53.0 Å². The van der Waals surface area contributed by atoms with Gasteiger partial charge >= 0.3 is 11.9 Å². The van der Waals surface area contributed by atoms with Gasteiger partial charge in [0.15, 0.2) is 6.10 Å². The Labute approximate surface area is 143 Å². The maximum absolute atomic E-state index is 11.6. The normalized spacial score (nSPS) is 22.2. The van der Waals surface area contributed by atoms with Crippen molar-refractivity contribution in [1.82, 2.24) is 0 Å². The highest BCUT2D eigenvalue weighted by atomic mass is 16.6. The summed E-state index contributed by atoms with van der Waals surface area (Å²) < 4.78 is 10.9. The van der Waals surface area contributed by atoms with Crippen LogP contribution in [0.3, 0.4) is 0 Å². The summed E-state index contributed by atoms with van der Waals surface area (Å²) in [5, 5.41) is 0. The summed E-state index contributed by atoms with van der Waals surface area (Å²) in [4.78, 5) is 23.0. The first kappa shape index (κ1) is 18.2. The first-order valence-corrected chi connectivity index (χ1v) is 8.29. The molecule has 0 saturated carbocycles. The van der Waals surface area contributed by atoms with E-state index in [0.29, 0.717) is 6.42 Å². The topological polar surface area (TPSA) is 52.6 Å². The zero-order valence-corrected chi connectivity index (χ0v) is 14.8. The molecule has 0 aliphatic heterocycles. The predicted molar refractivity (Wildman–Crippen MR) is 92.5 cm³/mol. The van der Waals surface area contributed by atoms with Gasteiger partial charge < -0.3 is 9.47 Å². The van der Waals surface area contributed by atoms with Crippen LogP contribution in [0.15, 0.2) is 24.3 Å². The van der Waals surface area contributed by atoms with Gasteiger partial charge in [0.1, 0.15) is 6.10 Å². The van der Waals surface area contributed by atoms with E-state index < -0.39 is 12.2 Å². The minimum atomic E-state index is -0.578. The lowest BCUT2D eigenvalue weighted by Crippen LogP contribution is -2.35. The molecule has 4 nitrogen and oxygen atoms in total. The van der Waals surface area contributed by atoms with Crippen LogP contribution in [0.1, 0.15) is 42.5 Å².